The Hall–Kier alpha value is -3.61. The second-order valence-electron chi connectivity index (χ2n) is 6.25. The summed E-state index contributed by atoms with van der Waals surface area (Å²) in [5.74, 6) is 0.661. The molecule has 0 atom stereocenters. The molecule has 27 heavy (non-hydrogen) atoms. The van der Waals surface area contributed by atoms with E-state index in [1.165, 1.54) is 6.33 Å². The molecule has 0 saturated carbocycles. The van der Waals surface area contributed by atoms with Crippen LogP contribution >= 0.6 is 0 Å². The van der Waals surface area contributed by atoms with Crippen LogP contribution in [0.3, 0.4) is 0 Å². The third-order valence-corrected chi connectivity index (χ3v) is 4.10. The van der Waals surface area contributed by atoms with Crippen molar-refractivity contribution in [1.82, 2.24) is 15.4 Å². The Morgan fingerprint density at radius 2 is 1.78 bits per heavy atom. The molecule has 3 aromatic rings. The van der Waals surface area contributed by atoms with Crippen LogP contribution in [-0.4, -0.2) is 22.9 Å². The van der Waals surface area contributed by atoms with Crippen LogP contribution in [0.25, 0.3) is 0 Å². The van der Waals surface area contributed by atoms with E-state index in [0.29, 0.717) is 29.4 Å². The van der Waals surface area contributed by atoms with Crippen LogP contribution in [0.5, 0.6) is 0 Å². The van der Waals surface area contributed by atoms with Crippen molar-refractivity contribution in [3.05, 3.63) is 77.6 Å². The number of hydrogen-bond donors (Lipinski definition) is 3. The van der Waals surface area contributed by atoms with E-state index in [0.717, 1.165) is 11.1 Å². The number of hydrazine groups is 1. The van der Waals surface area contributed by atoms with Crippen LogP contribution < -0.4 is 21.5 Å². The van der Waals surface area contributed by atoms with E-state index in [-0.39, 0.29) is 5.91 Å². The Bertz CT molecular complexity index is 912. The number of carbonyl (C=O) groups is 1. The van der Waals surface area contributed by atoms with Gasteiger partial charge in [-0.25, -0.2) is 9.97 Å². The number of anilines is 3. The SMILES string of the molecule is Cc1ccc(C(=O)NNc2ncnc(N(C)Cc3ccccc3)c2N)cc1. The molecule has 0 saturated heterocycles. The molecule has 0 aliphatic rings. The largest absolute Gasteiger partial charge is 0.393 e. The van der Waals surface area contributed by atoms with Crippen molar-refractivity contribution >= 4 is 23.2 Å². The number of nitrogens with two attached hydrogens (primary N) is 1. The number of amides is 1. The van der Waals surface area contributed by atoms with Crippen LogP contribution in [-0.2, 0) is 6.54 Å². The quantitative estimate of drug-likeness (QED) is 0.584. The summed E-state index contributed by atoms with van der Waals surface area (Å²) in [5.41, 5.74) is 14.7. The van der Waals surface area contributed by atoms with Crippen molar-refractivity contribution in [2.75, 3.05) is 23.1 Å². The van der Waals surface area contributed by atoms with Crippen LogP contribution in [0.4, 0.5) is 17.3 Å². The average molecular weight is 362 g/mol. The zero-order chi connectivity index (χ0) is 19.2. The maximum absolute atomic E-state index is 12.2. The molecule has 0 fully saturated rings. The van der Waals surface area contributed by atoms with E-state index < -0.39 is 0 Å². The maximum Gasteiger partial charge on any atom is 0.269 e. The molecule has 2 aromatic carbocycles. The number of aromatic nitrogens is 2. The zero-order valence-electron chi connectivity index (χ0n) is 15.3. The minimum Gasteiger partial charge on any atom is -0.393 e. The fraction of sp³-hybridized carbons (Fsp3) is 0.150. The molecule has 4 N–H and O–H groups in total. The van der Waals surface area contributed by atoms with Crippen molar-refractivity contribution in [2.24, 2.45) is 0 Å². The van der Waals surface area contributed by atoms with Gasteiger partial charge in [0.1, 0.15) is 12.0 Å². The number of carbonyl (C=O) groups excluding carboxylic acids is 1. The summed E-state index contributed by atoms with van der Waals surface area (Å²) in [7, 11) is 1.90. The Kier molecular flexibility index (Phi) is 5.51. The summed E-state index contributed by atoms with van der Waals surface area (Å²) >= 11 is 0. The van der Waals surface area contributed by atoms with Gasteiger partial charge in [0.25, 0.3) is 5.91 Å². The second kappa shape index (κ2) is 8.18. The standard InChI is InChI=1S/C20H22N6O/c1-14-8-10-16(11-9-14)20(27)25-24-18-17(21)19(23-13-22-18)26(2)12-15-6-4-3-5-7-15/h3-11,13H,12,21H2,1-2H3,(H,25,27)(H,22,23,24). The summed E-state index contributed by atoms with van der Waals surface area (Å²) in [6, 6.07) is 17.3. The summed E-state index contributed by atoms with van der Waals surface area (Å²) in [4.78, 5) is 22.5. The van der Waals surface area contributed by atoms with E-state index in [4.69, 9.17) is 5.73 Å². The molecule has 7 nitrogen and oxygen atoms in total. The first-order valence-electron chi connectivity index (χ1n) is 8.53. The topological polar surface area (TPSA) is 96.2 Å². The first-order chi connectivity index (χ1) is 13.0. The van der Waals surface area contributed by atoms with E-state index in [9.17, 15) is 4.79 Å². The smallest absolute Gasteiger partial charge is 0.269 e. The fourth-order valence-corrected chi connectivity index (χ4v) is 2.62. The van der Waals surface area contributed by atoms with Crippen LogP contribution in [0.2, 0.25) is 0 Å². The van der Waals surface area contributed by atoms with Gasteiger partial charge in [-0.05, 0) is 24.6 Å². The van der Waals surface area contributed by atoms with Gasteiger partial charge in [-0.2, -0.15) is 0 Å². The van der Waals surface area contributed by atoms with Gasteiger partial charge < -0.3 is 10.6 Å². The number of nitrogens with one attached hydrogen (secondary N) is 2. The lowest BCUT2D eigenvalue weighted by Gasteiger charge is -2.21. The van der Waals surface area contributed by atoms with Gasteiger partial charge in [0, 0.05) is 19.2 Å². The molecule has 0 radical (unpaired) electrons. The minimum atomic E-state index is -0.271. The molecule has 1 heterocycles. The maximum atomic E-state index is 12.2. The fourth-order valence-electron chi connectivity index (χ4n) is 2.62. The third-order valence-electron chi connectivity index (χ3n) is 4.10. The van der Waals surface area contributed by atoms with Gasteiger partial charge in [0.15, 0.2) is 11.6 Å². The molecule has 138 valence electrons. The lowest BCUT2D eigenvalue weighted by molar-refractivity contribution is 0.0962. The highest BCUT2D eigenvalue weighted by Gasteiger charge is 2.13. The predicted octanol–water partition coefficient (Wildman–Crippen LogP) is 2.76. The monoisotopic (exact) mass is 362 g/mol. The lowest BCUT2D eigenvalue weighted by atomic mass is 10.1. The van der Waals surface area contributed by atoms with Gasteiger partial charge in [0.05, 0.1) is 0 Å². The first kappa shape index (κ1) is 18.2. The van der Waals surface area contributed by atoms with E-state index in [1.54, 1.807) is 12.1 Å². The van der Waals surface area contributed by atoms with Crippen LogP contribution in [0.1, 0.15) is 21.5 Å². The van der Waals surface area contributed by atoms with E-state index in [1.807, 2.05) is 61.3 Å². The van der Waals surface area contributed by atoms with Gasteiger partial charge in [-0.15, -0.1) is 0 Å². The van der Waals surface area contributed by atoms with E-state index in [2.05, 4.69) is 20.8 Å². The molecule has 1 aromatic heterocycles. The lowest BCUT2D eigenvalue weighted by Crippen LogP contribution is -2.30. The summed E-state index contributed by atoms with van der Waals surface area (Å²) in [5, 5.41) is 0. The Morgan fingerprint density at radius 1 is 1.07 bits per heavy atom. The number of aryl methyl sites for hydroxylation is 1. The molecule has 7 heteroatoms. The van der Waals surface area contributed by atoms with Gasteiger partial charge in [-0.3, -0.25) is 15.6 Å². The van der Waals surface area contributed by atoms with Crippen molar-refractivity contribution in [3.63, 3.8) is 0 Å². The number of hydrogen-bond acceptors (Lipinski definition) is 6. The number of nitrogen functional groups attached to an aromatic ring is 1. The molecular weight excluding hydrogens is 340 g/mol. The van der Waals surface area contributed by atoms with Crippen molar-refractivity contribution in [2.45, 2.75) is 13.5 Å². The summed E-state index contributed by atoms with van der Waals surface area (Å²) < 4.78 is 0. The van der Waals surface area contributed by atoms with Crippen LogP contribution in [0, 0.1) is 6.92 Å². The molecule has 3 rings (SSSR count). The van der Waals surface area contributed by atoms with Crippen molar-refractivity contribution in [1.29, 1.82) is 0 Å². The second-order valence-corrected chi connectivity index (χ2v) is 6.25. The van der Waals surface area contributed by atoms with Gasteiger partial charge in [-0.1, -0.05) is 48.0 Å². The minimum absolute atomic E-state index is 0.271. The Labute approximate surface area is 158 Å². The van der Waals surface area contributed by atoms with Crippen molar-refractivity contribution < 1.29 is 4.79 Å². The predicted molar refractivity (Wildman–Crippen MR) is 107 cm³/mol. The zero-order valence-corrected chi connectivity index (χ0v) is 15.3. The number of benzene rings is 2. The Balaban J connectivity index is 1.69. The normalized spacial score (nSPS) is 10.3. The summed E-state index contributed by atoms with van der Waals surface area (Å²) in [6.45, 7) is 2.62. The van der Waals surface area contributed by atoms with Gasteiger partial charge in [0.2, 0.25) is 0 Å². The molecular formula is C20H22N6O. The third kappa shape index (κ3) is 4.52. The summed E-state index contributed by atoms with van der Waals surface area (Å²) in [6.07, 6.45) is 1.41. The Morgan fingerprint density at radius 3 is 2.48 bits per heavy atom. The highest BCUT2D eigenvalue weighted by atomic mass is 16.2. The molecule has 0 aliphatic heterocycles. The number of rotatable bonds is 6. The highest BCUT2D eigenvalue weighted by Crippen LogP contribution is 2.25. The highest BCUT2D eigenvalue weighted by molar-refractivity contribution is 5.95. The molecule has 0 bridgehead atoms. The van der Waals surface area contributed by atoms with Crippen LogP contribution in [0.15, 0.2) is 60.9 Å². The molecule has 0 aliphatic carbocycles. The molecule has 0 spiro atoms. The van der Waals surface area contributed by atoms with E-state index >= 15 is 0 Å². The average Bonchev–Trinajstić information content (AvgIpc) is 2.68. The molecule has 1 amide bonds. The molecule has 0 unspecified atom stereocenters. The van der Waals surface area contributed by atoms with Gasteiger partial charge >= 0.3 is 0 Å². The number of nitrogens with zero attached hydrogens (tertiary/aromatic N) is 3. The first-order valence-corrected chi connectivity index (χ1v) is 8.53. The van der Waals surface area contributed by atoms with Crippen molar-refractivity contribution in [3.8, 4) is 0 Å².